The van der Waals surface area contributed by atoms with Gasteiger partial charge in [-0.25, -0.2) is 4.79 Å². The summed E-state index contributed by atoms with van der Waals surface area (Å²) in [6.07, 6.45) is 2.01. The molecule has 27 heavy (non-hydrogen) atoms. The average molecular weight is 363 g/mol. The van der Waals surface area contributed by atoms with Gasteiger partial charge in [0.15, 0.2) is 0 Å². The summed E-state index contributed by atoms with van der Waals surface area (Å²) in [6, 6.07) is 17.0. The Morgan fingerprint density at radius 2 is 1.93 bits per heavy atom. The maximum atomic E-state index is 11.4. The van der Waals surface area contributed by atoms with Gasteiger partial charge in [-0.1, -0.05) is 53.7 Å². The minimum atomic E-state index is -0.886. The molecule has 0 unspecified atom stereocenters. The predicted octanol–water partition coefficient (Wildman–Crippen LogP) is 3.81. The summed E-state index contributed by atoms with van der Waals surface area (Å²) in [7, 11) is 0. The number of hydrogen-bond donors (Lipinski definition) is 1. The summed E-state index contributed by atoms with van der Waals surface area (Å²) in [4.78, 5) is 18.3. The number of carboxylic acid groups (broad SMARTS) is 1. The van der Waals surface area contributed by atoms with Crippen LogP contribution >= 0.6 is 0 Å². The fourth-order valence-electron chi connectivity index (χ4n) is 3.61. The van der Waals surface area contributed by atoms with Crippen molar-refractivity contribution in [3.05, 3.63) is 71.6 Å². The third-order valence-electron chi connectivity index (χ3n) is 4.97. The Hall–Kier alpha value is -2.99. The molecular formula is C21H21N3O3. The zero-order valence-electron chi connectivity index (χ0n) is 14.9. The number of piperidine rings is 1. The lowest BCUT2D eigenvalue weighted by molar-refractivity contribution is 0.0693. The fourth-order valence-corrected chi connectivity index (χ4v) is 3.61. The Morgan fingerprint density at radius 1 is 1.15 bits per heavy atom. The van der Waals surface area contributed by atoms with Crippen molar-refractivity contribution in [3.63, 3.8) is 0 Å². The van der Waals surface area contributed by atoms with Crippen LogP contribution in [-0.4, -0.2) is 39.2 Å². The standard InChI is InChI=1S/C21H21N3O3/c25-21(26)18-11-5-4-9-16(18)13-24-12-6-10-17(14-24)20-22-19(23-27-20)15-7-2-1-3-8-15/h1-5,7-9,11,17H,6,10,12-14H2,(H,25,26)/t17-/m0/s1. The van der Waals surface area contributed by atoms with E-state index in [1.807, 2.05) is 42.5 Å². The Kier molecular flexibility index (Phi) is 4.98. The van der Waals surface area contributed by atoms with Crippen molar-refractivity contribution in [2.45, 2.75) is 25.3 Å². The molecule has 0 bridgehead atoms. The summed E-state index contributed by atoms with van der Waals surface area (Å²) < 4.78 is 5.54. The van der Waals surface area contributed by atoms with Gasteiger partial charge >= 0.3 is 5.97 Å². The number of aromatic carboxylic acids is 1. The number of carbonyl (C=O) groups is 1. The van der Waals surface area contributed by atoms with E-state index in [2.05, 4.69) is 15.0 Å². The Labute approximate surface area is 157 Å². The van der Waals surface area contributed by atoms with Gasteiger partial charge in [-0.05, 0) is 31.0 Å². The van der Waals surface area contributed by atoms with Crippen LogP contribution in [0.2, 0.25) is 0 Å². The zero-order chi connectivity index (χ0) is 18.6. The van der Waals surface area contributed by atoms with E-state index in [4.69, 9.17) is 4.52 Å². The summed E-state index contributed by atoms with van der Waals surface area (Å²) >= 11 is 0. The van der Waals surface area contributed by atoms with Crippen LogP contribution in [0.1, 0.15) is 40.6 Å². The second kappa shape index (κ2) is 7.72. The highest BCUT2D eigenvalue weighted by Gasteiger charge is 2.27. The Morgan fingerprint density at radius 3 is 2.74 bits per heavy atom. The first kappa shape index (κ1) is 17.4. The van der Waals surface area contributed by atoms with Crippen molar-refractivity contribution >= 4 is 5.97 Å². The van der Waals surface area contributed by atoms with Gasteiger partial charge < -0.3 is 9.63 Å². The van der Waals surface area contributed by atoms with Crippen LogP contribution < -0.4 is 0 Å². The molecular weight excluding hydrogens is 342 g/mol. The van der Waals surface area contributed by atoms with Crippen LogP contribution in [0.15, 0.2) is 59.1 Å². The summed E-state index contributed by atoms with van der Waals surface area (Å²) in [6.45, 7) is 2.33. The Balaban J connectivity index is 1.48. The molecule has 2 aromatic carbocycles. The first-order valence-corrected chi connectivity index (χ1v) is 9.13. The van der Waals surface area contributed by atoms with Crippen molar-refractivity contribution in [2.24, 2.45) is 0 Å². The fraction of sp³-hybridized carbons (Fsp3) is 0.286. The minimum absolute atomic E-state index is 0.167. The van der Waals surface area contributed by atoms with Gasteiger partial charge in [0.05, 0.1) is 11.5 Å². The largest absolute Gasteiger partial charge is 0.478 e. The number of aromatic nitrogens is 2. The van der Waals surface area contributed by atoms with Crippen molar-refractivity contribution in [3.8, 4) is 11.4 Å². The van der Waals surface area contributed by atoms with E-state index in [-0.39, 0.29) is 5.92 Å². The van der Waals surface area contributed by atoms with Crippen LogP contribution in [0.3, 0.4) is 0 Å². The van der Waals surface area contributed by atoms with Crippen LogP contribution in [0.25, 0.3) is 11.4 Å². The van der Waals surface area contributed by atoms with Crippen LogP contribution in [-0.2, 0) is 6.54 Å². The summed E-state index contributed by atoms with van der Waals surface area (Å²) in [5.74, 6) is 0.549. The lowest BCUT2D eigenvalue weighted by atomic mass is 9.97. The molecule has 1 aliphatic heterocycles. The maximum absolute atomic E-state index is 11.4. The first-order chi connectivity index (χ1) is 13.2. The van der Waals surface area contributed by atoms with Crippen molar-refractivity contribution in [1.29, 1.82) is 0 Å². The summed E-state index contributed by atoms with van der Waals surface area (Å²) in [5, 5.41) is 13.5. The van der Waals surface area contributed by atoms with E-state index in [9.17, 15) is 9.90 Å². The molecule has 0 aliphatic carbocycles. The molecule has 6 nitrogen and oxygen atoms in total. The number of carboxylic acids is 1. The highest BCUT2D eigenvalue weighted by Crippen LogP contribution is 2.28. The molecule has 1 atom stereocenters. The topological polar surface area (TPSA) is 79.5 Å². The average Bonchev–Trinajstić information content (AvgIpc) is 3.19. The van der Waals surface area contributed by atoms with Gasteiger partial charge in [0.1, 0.15) is 0 Å². The molecule has 3 aromatic rings. The van der Waals surface area contributed by atoms with E-state index >= 15 is 0 Å². The van der Waals surface area contributed by atoms with Gasteiger partial charge in [0.25, 0.3) is 0 Å². The van der Waals surface area contributed by atoms with Crippen LogP contribution in [0.5, 0.6) is 0 Å². The predicted molar refractivity (Wildman–Crippen MR) is 100 cm³/mol. The lowest BCUT2D eigenvalue weighted by Crippen LogP contribution is -2.34. The number of likely N-dealkylation sites (tertiary alicyclic amines) is 1. The molecule has 1 saturated heterocycles. The first-order valence-electron chi connectivity index (χ1n) is 9.13. The summed E-state index contributed by atoms with van der Waals surface area (Å²) in [5.41, 5.74) is 2.14. The zero-order valence-corrected chi connectivity index (χ0v) is 14.9. The molecule has 2 heterocycles. The Bertz CT molecular complexity index is 923. The number of nitrogens with zero attached hydrogens (tertiary/aromatic N) is 3. The molecule has 1 aromatic heterocycles. The van der Waals surface area contributed by atoms with Gasteiger partial charge in [-0.15, -0.1) is 0 Å². The molecule has 1 fully saturated rings. The van der Waals surface area contributed by atoms with Gasteiger partial charge in [0.2, 0.25) is 11.7 Å². The molecule has 138 valence electrons. The monoisotopic (exact) mass is 363 g/mol. The number of hydrogen-bond acceptors (Lipinski definition) is 5. The highest BCUT2D eigenvalue weighted by molar-refractivity contribution is 5.89. The van der Waals surface area contributed by atoms with E-state index in [0.717, 1.165) is 37.1 Å². The van der Waals surface area contributed by atoms with E-state index in [0.29, 0.717) is 23.8 Å². The SMILES string of the molecule is O=C(O)c1ccccc1CN1CCC[C@H](c2nc(-c3ccccc3)no2)C1. The van der Waals surface area contributed by atoms with Gasteiger partial charge in [0, 0.05) is 18.7 Å². The smallest absolute Gasteiger partial charge is 0.336 e. The third-order valence-corrected chi connectivity index (χ3v) is 4.97. The highest BCUT2D eigenvalue weighted by atomic mass is 16.5. The lowest BCUT2D eigenvalue weighted by Gasteiger charge is -2.31. The van der Waals surface area contributed by atoms with Gasteiger partial charge in [-0.2, -0.15) is 4.98 Å². The normalized spacial score (nSPS) is 17.7. The second-order valence-electron chi connectivity index (χ2n) is 6.86. The number of benzene rings is 2. The molecule has 0 amide bonds. The third kappa shape index (κ3) is 3.90. The van der Waals surface area contributed by atoms with E-state index in [1.54, 1.807) is 12.1 Å². The van der Waals surface area contributed by atoms with Crippen molar-refractivity contribution in [1.82, 2.24) is 15.0 Å². The van der Waals surface area contributed by atoms with Crippen LogP contribution in [0, 0.1) is 0 Å². The maximum Gasteiger partial charge on any atom is 0.336 e. The van der Waals surface area contributed by atoms with E-state index < -0.39 is 5.97 Å². The van der Waals surface area contributed by atoms with Gasteiger partial charge in [-0.3, -0.25) is 4.90 Å². The molecule has 0 saturated carbocycles. The van der Waals surface area contributed by atoms with E-state index in [1.165, 1.54) is 0 Å². The number of rotatable bonds is 5. The molecule has 1 aliphatic rings. The van der Waals surface area contributed by atoms with Crippen molar-refractivity contribution in [2.75, 3.05) is 13.1 Å². The molecule has 1 N–H and O–H groups in total. The quantitative estimate of drug-likeness (QED) is 0.742. The minimum Gasteiger partial charge on any atom is -0.478 e. The molecule has 6 heteroatoms. The second-order valence-corrected chi connectivity index (χ2v) is 6.86. The molecule has 0 spiro atoms. The molecule has 0 radical (unpaired) electrons. The van der Waals surface area contributed by atoms with Crippen molar-refractivity contribution < 1.29 is 14.4 Å². The molecule has 4 rings (SSSR count). The van der Waals surface area contributed by atoms with Crippen LogP contribution in [0.4, 0.5) is 0 Å².